The quantitative estimate of drug-likeness (QED) is 0.573. The van der Waals surface area contributed by atoms with E-state index >= 15 is 0 Å². The largest absolute Gasteiger partial charge is 0.465 e. The number of piperidine rings is 1. The number of ether oxygens (including phenoxy) is 1. The fourth-order valence-corrected chi connectivity index (χ4v) is 3.85. The fraction of sp³-hybridized carbons (Fsp3) is 0.867. The van der Waals surface area contributed by atoms with Gasteiger partial charge in [-0.15, -0.1) is 5.06 Å². The van der Waals surface area contributed by atoms with Crippen LogP contribution in [0.3, 0.4) is 0 Å². The Balaban J connectivity index is 2.65. The maximum absolute atomic E-state index is 11.7. The van der Waals surface area contributed by atoms with Gasteiger partial charge >= 0.3 is 5.97 Å². The number of carbonyl (C=O) groups excluding carboxylic acids is 1. The normalized spacial score (nSPS) is 22.4. The van der Waals surface area contributed by atoms with Crippen LogP contribution in [0, 0.1) is 0 Å². The molecule has 1 atom stereocenters. The van der Waals surface area contributed by atoms with Crippen LogP contribution in [-0.4, -0.2) is 38.3 Å². The SMILES string of the molecule is CCOC(=O)C(C)SC(=S)ON1C(C)(C)CCCC1(C)C. The zero-order valence-electron chi connectivity index (χ0n) is 13.9. The molecule has 0 aliphatic carbocycles. The monoisotopic (exact) mass is 333 g/mol. The van der Waals surface area contributed by atoms with Crippen molar-refractivity contribution in [3.63, 3.8) is 0 Å². The molecule has 122 valence electrons. The Kier molecular flexibility index (Phi) is 6.50. The van der Waals surface area contributed by atoms with Gasteiger partial charge in [-0.1, -0.05) is 11.8 Å². The van der Waals surface area contributed by atoms with Crippen molar-refractivity contribution in [3.8, 4) is 0 Å². The third kappa shape index (κ3) is 5.11. The topological polar surface area (TPSA) is 38.8 Å². The van der Waals surface area contributed by atoms with Crippen LogP contribution in [0.15, 0.2) is 0 Å². The molecule has 1 saturated heterocycles. The van der Waals surface area contributed by atoms with Gasteiger partial charge in [-0.3, -0.25) is 4.79 Å². The highest BCUT2D eigenvalue weighted by Crippen LogP contribution is 2.39. The number of hydrogen-bond acceptors (Lipinski definition) is 6. The van der Waals surface area contributed by atoms with Gasteiger partial charge in [-0.05, 0) is 73.0 Å². The average Bonchev–Trinajstić information content (AvgIpc) is 2.33. The highest BCUT2D eigenvalue weighted by atomic mass is 32.2. The van der Waals surface area contributed by atoms with Gasteiger partial charge < -0.3 is 9.57 Å². The van der Waals surface area contributed by atoms with Gasteiger partial charge in [0.2, 0.25) is 4.38 Å². The number of carbonyl (C=O) groups is 1. The molecule has 0 radical (unpaired) electrons. The van der Waals surface area contributed by atoms with Crippen LogP contribution in [0.1, 0.15) is 60.8 Å². The Morgan fingerprint density at radius 2 is 1.81 bits per heavy atom. The molecule has 4 nitrogen and oxygen atoms in total. The van der Waals surface area contributed by atoms with Crippen molar-refractivity contribution in [2.75, 3.05) is 6.61 Å². The molecule has 1 aliphatic heterocycles. The van der Waals surface area contributed by atoms with Gasteiger partial charge in [0.15, 0.2) is 0 Å². The molecule has 1 unspecified atom stereocenters. The van der Waals surface area contributed by atoms with Crippen LogP contribution >= 0.6 is 24.0 Å². The highest BCUT2D eigenvalue weighted by molar-refractivity contribution is 8.23. The predicted octanol–water partition coefficient (Wildman–Crippen LogP) is 3.93. The van der Waals surface area contributed by atoms with E-state index in [9.17, 15) is 4.79 Å². The summed E-state index contributed by atoms with van der Waals surface area (Å²) in [4.78, 5) is 17.6. The van der Waals surface area contributed by atoms with Gasteiger partial charge in [0.05, 0.1) is 17.7 Å². The Morgan fingerprint density at radius 1 is 1.29 bits per heavy atom. The summed E-state index contributed by atoms with van der Waals surface area (Å²) in [5, 5.41) is 1.64. The van der Waals surface area contributed by atoms with E-state index in [1.165, 1.54) is 18.2 Å². The Labute approximate surface area is 137 Å². The van der Waals surface area contributed by atoms with Crippen LogP contribution < -0.4 is 0 Å². The van der Waals surface area contributed by atoms with Crippen molar-refractivity contribution < 1.29 is 14.4 Å². The molecule has 1 aliphatic rings. The first-order chi connectivity index (χ1) is 9.60. The molecule has 0 aromatic heterocycles. The molecule has 0 amide bonds. The Hall–Kier alpha value is -0.330. The summed E-state index contributed by atoms with van der Waals surface area (Å²) in [5.41, 5.74) is -0.140. The molecule has 0 bridgehead atoms. The molecule has 1 rings (SSSR count). The first kappa shape index (κ1) is 18.7. The molecule has 0 saturated carbocycles. The molecule has 1 heterocycles. The second-order valence-electron chi connectivity index (χ2n) is 6.63. The number of hydroxylamine groups is 2. The molecular formula is C15H27NO3S2. The molecule has 1 fully saturated rings. The number of nitrogens with zero attached hydrogens (tertiary/aromatic N) is 1. The summed E-state index contributed by atoms with van der Waals surface area (Å²) < 4.78 is 5.36. The van der Waals surface area contributed by atoms with Gasteiger partial charge in [-0.2, -0.15) is 0 Å². The summed E-state index contributed by atoms with van der Waals surface area (Å²) in [5.74, 6) is -0.259. The Bertz CT molecular complexity index is 380. The van der Waals surface area contributed by atoms with E-state index in [4.69, 9.17) is 21.8 Å². The van der Waals surface area contributed by atoms with E-state index in [2.05, 4.69) is 27.7 Å². The third-order valence-corrected chi connectivity index (χ3v) is 4.91. The van der Waals surface area contributed by atoms with Crippen molar-refractivity contribution in [1.29, 1.82) is 0 Å². The van der Waals surface area contributed by atoms with Gasteiger partial charge in [0.1, 0.15) is 5.25 Å². The maximum atomic E-state index is 11.7. The lowest BCUT2D eigenvalue weighted by Gasteiger charge is -2.50. The zero-order chi connectivity index (χ0) is 16.3. The second kappa shape index (κ2) is 7.29. The number of rotatable bonds is 4. The molecular weight excluding hydrogens is 306 g/mol. The predicted molar refractivity (Wildman–Crippen MR) is 91.2 cm³/mol. The standard InChI is InChI=1S/C15H27NO3S2/c1-7-18-12(17)11(2)21-13(20)19-16-14(3,4)9-8-10-15(16,5)6/h11H,7-10H2,1-6H3. The van der Waals surface area contributed by atoms with Crippen LogP contribution in [-0.2, 0) is 14.4 Å². The highest BCUT2D eigenvalue weighted by Gasteiger charge is 2.44. The lowest BCUT2D eigenvalue weighted by atomic mass is 9.82. The minimum absolute atomic E-state index is 0.0699. The molecule has 21 heavy (non-hydrogen) atoms. The summed E-state index contributed by atoms with van der Waals surface area (Å²) in [6.45, 7) is 12.6. The first-order valence-electron chi connectivity index (χ1n) is 7.46. The van der Waals surface area contributed by atoms with Crippen molar-refractivity contribution >= 4 is 34.3 Å². The van der Waals surface area contributed by atoms with Gasteiger partial charge in [0.25, 0.3) is 0 Å². The molecule has 0 spiro atoms. The molecule has 6 heteroatoms. The lowest BCUT2D eigenvalue weighted by molar-refractivity contribution is -0.223. The second-order valence-corrected chi connectivity index (χ2v) is 8.57. The van der Waals surface area contributed by atoms with Crippen LogP contribution in [0.2, 0.25) is 0 Å². The third-order valence-electron chi connectivity index (χ3n) is 3.73. The van der Waals surface area contributed by atoms with E-state index < -0.39 is 0 Å². The lowest BCUT2D eigenvalue weighted by Crippen LogP contribution is -2.58. The van der Waals surface area contributed by atoms with Gasteiger partial charge in [-0.25, -0.2) is 0 Å². The minimum Gasteiger partial charge on any atom is -0.465 e. The van der Waals surface area contributed by atoms with Crippen molar-refractivity contribution in [2.24, 2.45) is 0 Å². The zero-order valence-corrected chi connectivity index (χ0v) is 15.5. The first-order valence-corrected chi connectivity index (χ1v) is 8.74. The van der Waals surface area contributed by atoms with Gasteiger partial charge in [0, 0.05) is 0 Å². The summed E-state index contributed by atoms with van der Waals surface area (Å²) in [7, 11) is 0. The molecule has 0 aromatic rings. The molecule has 0 aromatic carbocycles. The van der Waals surface area contributed by atoms with Crippen molar-refractivity contribution in [1.82, 2.24) is 5.06 Å². The van der Waals surface area contributed by atoms with E-state index in [0.29, 0.717) is 11.0 Å². The molecule has 0 N–H and O–H groups in total. The minimum atomic E-state index is -0.353. The van der Waals surface area contributed by atoms with Crippen LogP contribution in [0.25, 0.3) is 0 Å². The van der Waals surface area contributed by atoms with E-state index in [1.54, 1.807) is 13.8 Å². The summed E-state index contributed by atoms with van der Waals surface area (Å²) in [6.07, 6.45) is 3.31. The number of hydrogen-bond donors (Lipinski definition) is 0. The fourth-order valence-electron chi connectivity index (χ4n) is 2.77. The number of esters is 1. The summed E-state index contributed by atoms with van der Waals surface area (Å²) >= 11 is 6.55. The Morgan fingerprint density at radius 3 is 2.29 bits per heavy atom. The van der Waals surface area contributed by atoms with Crippen molar-refractivity contribution in [2.45, 2.75) is 77.1 Å². The number of thiocarbonyl (C=S) groups is 1. The van der Waals surface area contributed by atoms with Crippen molar-refractivity contribution in [3.05, 3.63) is 0 Å². The number of thioether (sulfide) groups is 1. The smallest absolute Gasteiger partial charge is 0.319 e. The maximum Gasteiger partial charge on any atom is 0.319 e. The van der Waals surface area contributed by atoms with E-state index in [-0.39, 0.29) is 22.3 Å². The summed E-state index contributed by atoms with van der Waals surface area (Å²) in [6, 6.07) is 0. The van der Waals surface area contributed by atoms with E-state index in [1.807, 2.05) is 5.06 Å². The van der Waals surface area contributed by atoms with Crippen LogP contribution in [0.5, 0.6) is 0 Å². The average molecular weight is 334 g/mol. The van der Waals surface area contributed by atoms with E-state index in [0.717, 1.165) is 12.8 Å². The van der Waals surface area contributed by atoms with Crippen LogP contribution in [0.4, 0.5) is 0 Å².